The van der Waals surface area contributed by atoms with E-state index in [1.807, 2.05) is 0 Å². The summed E-state index contributed by atoms with van der Waals surface area (Å²) < 4.78 is 10.1. The van der Waals surface area contributed by atoms with Crippen LogP contribution < -0.4 is 16.1 Å². The van der Waals surface area contributed by atoms with Crippen LogP contribution in [0.5, 0.6) is 0 Å². The third-order valence-electron chi connectivity index (χ3n) is 2.99. The molecule has 2 amide bonds. The second kappa shape index (κ2) is 7.91. The molecule has 1 aromatic carbocycles. The smallest absolute Gasteiger partial charge is 0.374 e. The van der Waals surface area contributed by atoms with Crippen molar-refractivity contribution in [1.82, 2.24) is 10.6 Å². The second-order valence-electron chi connectivity index (χ2n) is 4.78. The zero-order valence-corrected chi connectivity index (χ0v) is 13.0. The number of rotatable bonds is 6. The number of benzene rings is 1. The van der Waals surface area contributed by atoms with E-state index >= 15 is 0 Å². The molecule has 2 rings (SSSR count). The first-order valence-electron chi connectivity index (χ1n) is 7.24. The van der Waals surface area contributed by atoms with Gasteiger partial charge in [-0.1, -0.05) is 12.1 Å². The lowest BCUT2D eigenvalue weighted by molar-refractivity contribution is -0.127. The summed E-state index contributed by atoms with van der Waals surface area (Å²) in [5.41, 5.74) is -0.137. The van der Waals surface area contributed by atoms with E-state index in [0.717, 1.165) is 6.07 Å². The number of ether oxygens (including phenoxy) is 1. The van der Waals surface area contributed by atoms with E-state index in [9.17, 15) is 19.2 Å². The molecule has 8 nitrogen and oxygen atoms in total. The minimum absolute atomic E-state index is 0.213. The topological polar surface area (TPSA) is 115 Å². The van der Waals surface area contributed by atoms with Crippen molar-refractivity contribution < 1.29 is 23.5 Å². The Hall–Kier alpha value is -3.16. The summed E-state index contributed by atoms with van der Waals surface area (Å²) >= 11 is 0. The van der Waals surface area contributed by atoms with Gasteiger partial charge in [-0.15, -0.1) is 0 Å². The molecule has 24 heavy (non-hydrogen) atoms. The van der Waals surface area contributed by atoms with Crippen LogP contribution in [0.1, 0.15) is 17.5 Å². The standard InChI is InChI=1S/C16H16N2O6/c1-2-17-14(20)8-18-15(21)9-23-16(22)13-7-11(19)10-5-3-4-6-12(10)24-13/h3-7H,2,8-9H2,1H3,(H,17,20)(H,18,21). The van der Waals surface area contributed by atoms with Gasteiger partial charge in [-0.25, -0.2) is 4.79 Å². The molecule has 0 aliphatic heterocycles. The van der Waals surface area contributed by atoms with Gasteiger partial charge in [0.25, 0.3) is 5.91 Å². The van der Waals surface area contributed by atoms with Crippen LogP contribution in [0.25, 0.3) is 11.0 Å². The van der Waals surface area contributed by atoms with E-state index in [1.54, 1.807) is 31.2 Å². The number of carbonyl (C=O) groups is 3. The quantitative estimate of drug-likeness (QED) is 0.731. The molecule has 0 saturated carbocycles. The van der Waals surface area contributed by atoms with Gasteiger partial charge in [0.2, 0.25) is 11.7 Å². The number of para-hydroxylation sites is 1. The zero-order chi connectivity index (χ0) is 17.5. The maximum Gasteiger partial charge on any atom is 0.374 e. The molecule has 1 aromatic heterocycles. The van der Waals surface area contributed by atoms with Gasteiger partial charge in [0.15, 0.2) is 12.0 Å². The number of hydrogen-bond donors (Lipinski definition) is 2. The van der Waals surface area contributed by atoms with Crippen LogP contribution in [0.15, 0.2) is 39.5 Å². The lowest BCUT2D eigenvalue weighted by atomic mass is 10.2. The van der Waals surface area contributed by atoms with E-state index in [0.29, 0.717) is 11.9 Å². The molecular weight excluding hydrogens is 316 g/mol. The lowest BCUT2D eigenvalue weighted by Crippen LogP contribution is -2.38. The average molecular weight is 332 g/mol. The number of esters is 1. The van der Waals surface area contributed by atoms with E-state index < -0.39 is 18.5 Å². The molecule has 8 heteroatoms. The van der Waals surface area contributed by atoms with Crippen LogP contribution in [0.2, 0.25) is 0 Å². The molecule has 2 N–H and O–H groups in total. The van der Waals surface area contributed by atoms with Crippen LogP contribution in [-0.2, 0) is 14.3 Å². The van der Waals surface area contributed by atoms with Crippen molar-refractivity contribution in [3.05, 3.63) is 46.3 Å². The molecule has 0 atom stereocenters. The van der Waals surface area contributed by atoms with Gasteiger partial charge in [0.1, 0.15) is 5.58 Å². The molecule has 0 spiro atoms. The first-order valence-corrected chi connectivity index (χ1v) is 7.24. The first kappa shape index (κ1) is 17.2. The number of fused-ring (bicyclic) bond motifs is 1. The van der Waals surface area contributed by atoms with Gasteiger partial charge in [0, 0.05) is 12.6 Å². The van der Waals surface area contributed by atoms with Crippen molar-refractivity contribution in [2.24, 2.45) is 0 Å². The molecule has 0 bridgehead atoms. The highest BCUT2D eigenvalue weighted by molar-refractivity contribution is 5.91. The van der Waals surface area contributed by atoms with Gasteiger partial charge in [-0.3, -0.25) is 14.4 Å². The third kappa shape index (κ3) is 4.42. The fourth-order valence-electron chi connectivity index (χ4n) is 1.90. The SMILES string of the molecule is CCNC(=O)CNC(=O)COC(=O)c1cc(=O)c2ccccc2o1. The van der Waals surface area contributed by atoms with Crippen LogP contribution in [0, 0.1) is 0 Å². The Morgan fingerprint density at radius 1 is 1.12 bits per heavy atom. The van der Waals surface area contributed by atoms with Crippen molar-refractivity contribution >= 4 is 28.8 Å². The Balaban J connectivity index is 1.94. The highest BCUT2D eigenvalue weighted by Gasteiger charge is 2.15. The van der Waals surface area contributed by atoms with Gasteiger partial charge in [-0.2, -0.15) is 0 Å². The molecule has 0 saturated heterocycles. The molecule has 2 aromatic rings. The number of hydrogen-bond acceptors (Lipinski definition) is 6. The summed E-state index contributed by atoms with van der Waals surface area (Å²) in [6.07, 6.45) is 0. The summed E-state index contributed by atoms with van der Waals surface area (Å²) in [4.78, 5) is 46.5. The lowest BCUT2D eigenvalue weighted by Gasteiger charge is -2.06. The average Bonchev–Trinajstić information content (AvgIpc) is 2.58. The number of nitrogens with one attached hydrogen (secondary N) is 2. The largest absolute Gasteiger partial charge is 0.450 e. The van der Waals surface area contributed by atoms with Crippen molar-refractivity contribution in [1.29, 1.82) is 0 Å². The second-order valence-corrected chi connectivity index (χ2v) is 4.78. The summed E-state index contributed by atoms with van der Waals surface area (Å²) in [5, 5.41) is 5.14. The van der Waals surface area contributed by atoms with Crippen LogP contribution >= 0.6 is 0 Å². The fraction of sp³-hybridized carbons (Fsp3) is 0.250. The van der Waals surface area contributed by atoms with E-state index in [4.69, 9.17) is 9.15 Å². The fourth-order valence-corrected chi connectivity index (χ4v) is 1.90. The molecule has 0 aliphatic rings. The summed E-state index contributed by atoms with van der Waals surface area (Å²) in [6.45, 7) is 1.40. The Kier molecular flexibility index (Phi) is 5.67. The van der Waals surface area contributed by atoms with E-state index in [1.165, 1.54) is 0 Å². The maximum atomic E-state index is 11.9. The van der Waals surface area contributed by atoms with Gasteiger partial charge in [-0.05, 0) is 19.1 Å². The molecule has 0 fully saturated rings. The summed E-state index contributed by atoms with van der Waals surface area (Å²) in [5.74, 6) is -2.23. The molecule has 0 radical (unpaired) electrons. The molecule has 1 heterocycles. The van der Waals surface area contributed by atoms with Gasteiger partial charge < -0.3 is 19.8 Å². The highest BCUT2D eigenvalue weighted by atomic mass is 16.5. The normalized spacial score (nSPS) is 10.2. The van der Waals surface area contributed by atoms with Crippen LogP contribution in [-0.4, -0.2) is 37.5 Å². The monoisotopic (exact) mass is 332 g/mol. The van der Waals surface area contributed by atoms with Crippen LogP contribution in [0.3, 0.4) is 0 Å². The zero-order valence-electron chi connectivity index (χ0n) is 13.0. The molecule has 0 unspecified atom stereocenters. The molecular formula is C16H16N2O6. The first-order chi connectivity index (χ1) is 11.5. The third-order valence-corrected chi connectivity index (χ3v) is 2.99. The summed E-state index contributed by atoms with van der Waals surface area (Å²) in [6, 6.07) is 7.47. The minimum Gasteiger partial charge on any atom is -0.450 e. The molecule has 0 aliphatic carbocycles. The number of likely N-dealkylation sites (N-methyl/N-ethyl adjacent to an activating group) is 1. The van der Waals surface area contributed by atoms with Crippen molar-refractivity contribution in [3.8, 4) is 0 Å². The predicted molar refractivity (Wildman–Crippen MR) is 84.5 cm³/mol. The van der Waals surface area contributed by atoms with Gasteiger partial charge >= 0.3 is 5.97 Å². The Labute approximate surface area is 136 Å². The Bertz CT molecular complexity index is 827. The number of carbonyl (C=O) groups excluding carboxylic acids is 3. The maximum absolute atomic E-state index is 11.9. The minimum atomic E-state index is -0.939. The number of amides is 2. The Morgan fingerprint density at radius 3 is 2.62 bits per heavy atom. The van der Waals surface area contributed by atoms with Crippen molar-refractivity contribution in [2.75, 3.05) is 19.7 Å². The van der Waals surface area contributed by atoms with Crippen LogP contribution in [0.4, 0.5) is 0 Å². The van der Waals surface area contributed by atoms with E-state index in [-0.39, 0.29) is 29.2 Å². The van der Waals surface area contributed by atoms with E-state index in [2.05, 4.69) is 10.6 Å². The van der Waals surface area contributed by atoms with Crippen molar-refractivity contribution in [3.63, 3.8) is 0 Å². The van der Waals surface area contributed by atoms with Gasteiger partial charge in [0.05, 0.1) is 11.9 Å². The highest BCUT2D eigenvalue weighted by Crippen LogP contribution is 2.12. The summed E-state index contributed by atoms with van der Waals surface area (Å²) in [7, 11) is 0. The Morgan fingerprint density at radius 2 is 1.88 bits per heavy atom. The predicted octanol–water partition coefficient (Wildman–Crippen LogP) is 0.202. The molecule has 126 valence electrons. The van der Waals surface area contributed by atoms with Crippen molar-refractivity contribution in [2.45, 2.75) is 6.92 Å².